The number of amides is 1. The molecule has 110 valence electrons. The summed E-state index contributed by atoms with van der Waals surface area (Å²) in [6.45, 7) is 1.78. The molecule has 1 aliphatic rings. The van der Waals surface area contributed by atoms with Crippen LogP contribution in [0.3, 0.4) is 0 Å². The third-order valence-corrected chi connectivity index (χ3v) is 3.56. The van der Waals surface area contributed by atoms with Gasteiger partial charge in [-0.25, -0.2) is 4.39 Å². The summed E-state index contributed by atoms with van der Waals surface area (Å²) in [5.41, 5.74) is 0.674. The molecule has 0 bridgehead atoms. The van der Waals surface area contributed by atoms with Gasteiger partial charge in [0.15, 0.2) is 0 Å². The Bertz CT molecular complexity index is 453. The number of nitrogens with zero attached hydrogens (tertiary/aromatic N) is 1. The maximum atomic E-state index is 13.3. The van der Waals surface area contributed by atoms with Crippen molar-refractivity contribution in [1.29, 1.82) is 0 Å². The number of carbonyl (C=O) groups is 1. The van der Waals surface area contributed by atoms with Crippen molar-refractivity contribution in [3.63, 3.8) is 0 Å². The minimum atomic E-state index is -0.440. The summed E-state index contributed by atoms with van der Waals surface area (Å²) >= 11 is 0. The highest BCUT2D eigenvalue weighted by atomic mass is 19.1. The Morgan fingerprint density at radius 3 is 2.90 bits per heavy atom. The predicted molar refractivity (Wildman–Crippen MR) is 73.5 cm³/mol. The molecule has 0 spiro atoms. The molecule has 1 aromatic carbocycles. The number of halogens is 2. The molecule has 1 aromatic rings. The van der Waals surface area contributed by atoms with E-state index in [1.165, 1.54) is 12.1 Å². The van der Waals surface area contributed by atoms with E-state index in [4.69, 9.17) is 0 Å². The molecular weight excluding hydrogens is 262 g/mol. The first-order valence-electron chi connectivity index (χ1n) is 7.05. The van der Waals surface area contributed by atoms with Gasteiger partial charge in [0.05, 0.1) is 6.67 Å². The number of rotatable bonds is 6. The van der Waals surface area contributed by atoms with Crippen LogP contribution in [-0.4, -0.2) is 37.1 Å². The molecule has 1 N–H and O–H groups in total. The normalized spacial score (nSPS) is 19.9. The van der Waals surface area contributed by atoms with Gasteiger partial charge in [0.25, 0.3) is 0 Å². The fourth-order valence-electron chi connectivity index (χ4n) is 2.58. The maximum Gasteiger partial charge on any atom is 0.242 e. The van der Waals surface area contributed by atoms with Gasteiger partial charge in [-0.2, -0.15) is 0 Å². The van der Waals surface area contributed by atoms with Crippen LogP contribution in [0.5, 0.6) is 0 Å². The Labute approximate surface area is 118 Å². The minimum Gasteiger partial charge on any atom is -0.353 e. The lowest BCUT2D eigenvalue weighted by Crippen LogP contribution is -2.50. The van der Waals surface area contributed by atoms with Crippen molar-refractivity contribution in [3.05, 3.63) is 35.6 Å². The summed E-state index contributed by atoms with van der Waals surface area (Å²) in [6.07, 6.45) is 2.22. The standard InChI is InChI=1S/C15H20F2N2O/c16-7-2-1-3-9-19-10-8-18-15(20)14(19)12-5-4-6-13(17)11-12/h4-6,11,14H,1-3,7-10H2,(H,18,20). The van der Waals surface area contributed by atoms with E-state index in [9.17, 15) is 13.6 Å². The van der Waals surface area contributed by atoms with Gasteiger partial charge in [-0.15, -0.1) is 0 Å². The Morgan fingerprint density at radius 1 is 1.30 bits per heavy atom. The van der Waals surface area contributed by atoms with Crippen molar-refractivity contribution in [2.24, 2.45) is 0 Å². The first kappa shape index (κ1) is 14.9. The second kappa shape index (κ2) is 7.33. The lowest BCUT2D eigenvalue weighted by Gasteiger charge is -2.35. The van der Waals surface area contributed by atoms with E-state index in [0.29, 0.717) is 18.5 Å². The van der Waals surface area contributed by atoms with E-state index in [2.05, 4.69) is 5.32 Å². The number of carbonyl (C=O) groups excluding carboxylic acids is 1. The van der Waals surface area contributed by atoms with E-state index in [1.54, 1.807) is 12.1 Å². The van der Waals surface area contributed by atoms with E-state index in [0.717, 1.165) is 25.9 Å². The number of nitrogens with one attached hydrogen (secondary N) is 1. The Hall–Kier alpha value is -1.49. The third-order valence-electron chi connectivity index (χ3n) is 3.56. The Kier molecular flexibility index (Phi) is 5.47. The highest BCUT2D eigenvalue weighted by molar-refractivity contribution is 5.83. The quantitative estimate of drug-likeness (QED) is 0.813. The third kappa shape index (κ3) is 3.76. The summed E-state index contributed by atoms with van der Waals surface area (Å²) in [5, 5.41) is 2.82. The molecule has 1 amide bonds. The summed E-state index contributed by atoms with van der Waals surface area (Å²) in [6, 6.07) is 5.73. The van der Waals surface area contributed by atoms with Crippen molar-refractivity contribution in [3.8, 4) is 0 Å². The topological polar surface area (TPSA) is 32.3 Å². The van der Waals surface area contributed by atoms with Crippen LogP contribution in [0.15, 0.2) is 24.3 Å². The van der Waals surface area contributed by atoms with Crippen LogP contribution in [0.1, 0.15) is 30.9 Å². The molecule has 0 aromatic heterocycles. The first-order chi connectivity index (χ1) is 9.72. The molecule has 1 atom stereocenters. The summed E-state index contributed by atoms with van der Waals surface area (Å²) in [4.78, 5) is 14.1. The number of benzene rings is 1. The molecule has 2 rings (SSSR count). The van der Waals surface area contributed by atoms with Gasteiger partial charge in [0, 0.05) is 13.1 Å². The highest BCUT2D eigenvalue weighted by Gasteiger charge is 2.30. The van der Waals surface area contributed by atoms with Crippen LogP contribution in [0.2, 0.25) is 0 Å². The van der Waals surface area contributed by atoms with Crippen LogP contribution in [0, 0.1) is 5.82 Å². The average molecular weight is 282 g/mol. The molecule has 1 heterocycles. The van der Waals surface area contributed by atoms with Gasteiger partial charge in [-0.05, 0) is 43.5 Å². The fraction of sp³-hybridized carbons (Fsp3) is 0.533. The second-order valence-electron chi connectivity index (χ2n) is 5.03. The first-order valence-corrected chi connectivity index (χ1v) is 7.05. The van der Waals surface area contributed by atoms with Crippen LogP contribution >= 0.6 is 0 Å². The number of hydrogen-bond acceptors (Lipinski definition) is 2. The number of unbranched alkanes of at least 4 members (excludes halogenated alkanes) is 2. The molecule has 0 saturated carbocycles. The molecule has 0 aliphatic carbocycles. The Morgan fingerprint density at radius 2 is 2.15 bits per heavy atom. The van der Waals surface area contributed by atoms with Crippen molar-refractivity contribution in [2.45, 2.75) is 25.3 Å². The second-order valence-corrected chi connectivity index (χ2v) is 5.03. The number of alkyl halides is 1. The summed E-state index contributed by atoms with van der Waals surface area (Å²) < 4.78 is 25.4. The Balaban J connectivity index is 2.06. The highest BCUT2D eigenvalue weighted by Crippen LogP contribution is 2.24. The van der Waals surface area contributed by atoms with Crippen LogP contribution < -0.4 is 5.32 Å². The number of piperazine rings is 1. The molecule has 1 unspecified atom stereocenters. The average Bonchev–Trinajstić information content (AvgIpc) is 2.44. The minimum absolute atomic E-state index is 0.0904. The van der Waals surface area contributed by atoms with Gasteiger partial charge in [0.2, 0.25) is 5.91 Å². The SMILES string of the molecule is O=C1NCCN(CCCCCF)C1c1cccc(F)c1. The van der Waals surface area contributed by atoms with Gasteiger partial charge in [-0.1, -0.05) is 12.1 Å². The van der Waals surface area contributed by atoms with E-state index in [1.807, 2.05) is 4.90 Å². The lowest BCUT2D eigenvalue weighted by molar-refractivity contribution is -0.129. The summed E-state index contributed by atoms with van der Waals surface area (Å²) in [5.74, 6) is -0.425. The molecule has 1 saturated heterocycles. The van der Waals surface area contributed by atoms with Crippen molar-refractivity contribution < 1.29 is 13.6 Å². The largest absolute Gasteiger partial charge is 0.353 e. The zero-order valence-electron chi connectivity index (χ0n) is 11.4. The van der Waals surface area contributed by atoms with Crippen LogP contribution in [0.25, 0.3) is 0 Å². The van der Waals surface area contributed by atoms with Gasteiger partial charge < -0.3 is 5.32 Å². The monoisotopic (exact) mass is 282 g/mol. The van der Waals surface area contributed by atoms with Crippen molar-refractivity contribution in [2.75, 3.05) is 26.3 Å². The van der Waals surface area contributed by atoms with Gasteiger partial charge in [-0.3, -0.25) is 14.1 Å². The molecule has 0 radical (unpaired) electrons. The van der Waals surface area contributed by atoms with Crippen molar-refractivity contribution >= 4 is 5.91 Å². The smallest absolute Gasteiger partial charge is 0.242 e. The molecule has 5 heteroatoms. The predicted octanol–water partition coefficient (Wildman–Crippen LogP) is 2.44. The van der Waals surface area contributed by atoms with E-state index in [-0.39, 0.29) is 18.4 Å². The summed E-state index contributed by atoms with van der Waals surface area (Å²) in [7, 11) is 0. The molecule has 20 heavy (non-hydrogen) atoms. The van der Waals surface area contributed by atoms with Gasteiger partial charge >= 0.3 is 0 Å². The fourth-order valence-corrected chi connectivity index (χ4v) is 2.58. The maximum absolute atomic E-state index is 13.3. The lowest BCUT2D eigenvalue weighted by atomic mass is 10.0. The van der Waals surface area contributed by atoms with E-state index >= 15 is 0 Å². The van der Waals surface area contributed by atoms with Crippen molar-refractivity contribution in [1.82, 2.24) is 10.2 Å². The number of hydrogen-bond donors (Lipinski definition) is 1. The zero-order chi connectivity index (χ0) is 14.4. The molecule has 1 fully saturated rings. The van der Waals surface area contributed by atoms with Crippen LogP contribution in [0.4, 0.5) is 8.78 Å². The zero-order valence-corrected chi connectivity index (χ0v) is 11.4. The molecule has 3 nitrogen and oxygen atoms in total. The van der Waals surface area contributed by atoms with Gasteiger partial charge in [0.1, 0.15) is 11.9 Å². The van der Waals surface area contributed by atoms with Crippen LogP contribution in [-0.2, 0) is 4.79 Å². The molecule has 1 aliphatic heterocycles. The van der Waals surface area contributed by atoms with E-state index < -0.39 is 6.04 Å². The molecular formula is C15H20F2N2O.